The lowest BCUT2D eigenvalue weighted by Crippen LogP contribution is -2.33. The number of ether oxygens (including phenoxy) is 1. The number of hydrogen-bond donors (Lipinski definition) is 1. The predicted molar refractivity (Wildman–Crippen MR) is 54.6 cm³/mol. The van der Waals surface area contributed by atoms with E-state index in [0.717, 1.165) is 5.69 Å². The summed E-state index contributed by atoms with van der Waals surface area (Å²) in [5, 5.41) is 6.18. The van der Waals surface area contributed by atoms with Gasteiger partial charge < -0.3 is 14.6 Å². The Morgan fingerprint density at radius 3 is 2.88 bits per heavy atom. The number of aromatic nitrogens is 1. The summed E-state index contributed by atoms with van der Waals surface area (Å²) in [5.41, 5.74) is 0.738. The van der Waals surface area contributed by atoms with Crippen molar-refractivity contribution >= 4 is 11.9 Å². The number of nitrogens with one attached hydrogen (secondary N) is 1. The molecule has 6 nitrogen and oxygen atoms in total. The van der Waals surface area contributed by atoms with Crippen LogP contribution >= 0.6 is 0 Å². The minimum absolute atomic E-state index is 0.189. The number of aryl methyl sites for hydroxylation is 1. The molecule has 0 aliphatic rings. The Balaban J connectivity index is 2.25. The van der Waals surface area contributed by atoms with Gasteiger partial charge in [0.25, 0.3) is 0 Å². The maximum Gasteiger partial charge on any atom is 0.396 e. The van der Waals surface area contributed by atoms with E-state index >= 15 is 0 Å². The third kappa shape index (κ3) is 3.72. The van der Waals surface area contributed by atoms with Gasteiger partial charge in [0.15, 0.2) is 0 Å². The first-order valence-electron chi connectivity index (χ1n) is 5.00. The van der Waals surface area contributed by atoms with Crippen molar-refractivity contribution in [2.45, 2.75) is 20.3 Å². The third-order valence-corrected chi connectivity index (χ3v) is 1.80. The summed E-state index contributed by atoms with van der Waals surface area (Å²) >= 11 is 0. The molecule has 0 unspecified atom stereocenters. The Bertz CT molecular complexity index is 373. The standard InChI is InChI=1S/C10H14N2O4/c1-3-15-10(14)9(13)11-5-4-8-6-7(2)16-12-8/h6H,3-5H2,1-2H3,(H,11,13). The van der Waals surface area contributed by atoms with E-state index in [0.29, 0.717) is 18.7 Å². The van der Waals surface area contributed by atoms with E-state index in [-0.39, 0.29) is 6.61 Å². The van der Waals surface area contributed by atoms with E-state index < -0.39 is 11.9 Å². The van der Waals surface area contributed by atoms with Gasteiger partial charge >= 0.3 is 11.9 Å². The maximum absolute atomic E-state index is 11.1. The van der Waals surface area contributed by atoms with Crippen molar-refractivity contribution < 1.29 is 18.8 Å². The van der Waals surface area contributed by atoms with Crippen molar-refractivity contribution in [1.82, 2.24) is 10.5 Å². The molecule has 1 heterocycles. The van der Waals surface area contributed by atoms with E-state index in [9.17, 15) is 9.59 Å². The molecule has 0 aromatic carbocycles. The smallest absolute Gasteiger partial charge is 0.396 e. The van der Waals surface area contributed by atoms with Gasteiger partial charge in [-0.2, -0.15) is 0 Å². The number of carbonyl (C=O) groups is 2. The Labute approximate surface area is 92.9 Å². The fourth-order valence-corrected chi connectivity index (χ4v) is 1.11. The highest BCUT2D eigenvalue weighted by Crippen LogP contribution is 2.01. The molecule has 0 spiro atoms. The van der Waals surface area contributed by atoms with Crippen LogP contribution in [0.1, 0.15) is 18.4 Å². The Hall–Kier alpha value is -1.85. The first-order chi connectivity index (χ1) is 7.63. The molecule has 1 rings (SSSR count). The molecule has 88 valence electrons. The van der Waals surface area contributed by atoms with Gasteiger partial charge in [-0.3, -0.25) is 4.79 Å². The molecule has 0 aliphatic heterocycles. The summed E-state index contributed by atoms with van der Waals surface area (Å²) < 4.78 is 9.38. The minimum atomic E-state index is -0.862. The summed E-state index contributed by atoms with van der Waals surface area (Å²) in [6.45, 7) is 3.94. The summed E-state index contributed by atoms with van der Waals surface area (Å²) in [4.78, 5) is 22.0. The first-order valence-corrected chi connectivity index (χ1v) is 5.00. The summed E-state index contributed by atoms with van der Waals surface area (Å²) in [5.74, 6) is -0.882. The second-order valence-electron chi connectivity index (χ2n) is 3.16. The molecule has 1 aromatic rings. The quantitative estimate of drug-likeness (QED) is 0.586. The minimum Gasteiger partial charge on any atom is -0.459 e. The zero-order valence-electron chi connectivity index (χ0n) is 9.28. The summed E-state index contributed by atoms with van der Waals surface area (Å²) in [7, 11) is 0. The van der Waals surface area contributed by atoms with Crippen LogP contribution in [0.3, 0.4) is 0 Å². The molecule has 16 heavy (non-hydrogen) atoms. The lowest BCUT2D eigenvalue weighted by molar-refractivity contribution is -0.154. The van der Waals surface area contributed by atoms with Gasteiger partial charge in [-0.15, -0.1) is 0 Å². The van der Waals surface area contributed by atoms with Crippen LogP contribution in [0.15, 0.2) is 10.6 Å². The normalized spacial score (nSPS) is 9.88. The molecule has 0 radical (unpaired) electrons. The molecule has 0 fully saturated rings. The second-order valence-corrected chi connectivity index (χ2v) is 3.16. The lowest BCUT2D eigenvalue weighted by atomic mass is 10.3. The van der Waals surface area contributed by atoms with E-state index in [1.54, 1.807) is 19.9 Å². The first kappa shape index (κ1) is 12.2. The number of carbonyl (C=O) groups excluding carboxylic acids is 2. The molecule has 0 atom stereocenters. The van der Waals surface area contributed by atoms with Crippen LogP contribution in [0.5, 0.6) is 0 Å². The third-order valence-electron chi connectivity index (χ3n) is 1.80. The molecule has 0 bridgehead atoms. The number of amides is 1. The monoisotopic (exact) mass is 226 g/mol. The molecule has 1 aromatic heterocycles. The van der Waals surface area contributed by atoms with Gasteiger partial charge in [0.05, 0.1) is 12.3 Å². The Morgan fingerprint density at radius 2 is 2.31 bits per heavy atom. The average molecular weight is 226 g/mol. The summed E-state index contributed by atoms with van der Waals surface area (Å²) in [6.07, 6.45) is 0.516. The SMILES string of the molecule is CCOC(=O)C(=O)NCCc1cc(C)on1. The molecule has 0 saturated carbocycles. The number of rotatable bonds is 4. The van der Waals surface area contributed by atoms with Gasteiger partial charge in [0.1, 0.15) is 5.76 Å². The molecule has 1 amide bonds. The van der Waals surface area contributed by atoms with Crippen molar-refractivity contribution in [3.05, 3.63) is 17.5 Å². The van der Waals surface area contributed by atoms with Crippen LogP contribution in [0.25, 0.3) is 0 Å². The fraction of sp³-hybridized carbons (Fsp3) is 0.500. The van der Waals surface area contributed by atoms with Gasteiger partial charge in [-0.25, -0.2) is 4.79 Å². The number of hydrogen-bond acceptors (Lipinski definition) is 5. The molecular weight excluding hydrogens is 212 g/mol. The van der Waals surface area contributed by atoms with Crippen molar-refractivity contribution in [2.24, 2.45) is 0 Å². The zero-order chi connectivity index (χ0) is 12.0. The van der Waals surface area contributed by atoms with Crippen molar-refractivity contribution in [3.8, 4) is 0 Å². The highest BCUT2D eigenvalue weighted by molar-refractivity contribution is 6.32. The van der Waals surface area contributed by atoms with Crippen LogP contribution < -0.4 is 5.32 Å². The van der Waals surface area contributed by atoms with Crippen LogP contribution in [0.4, 0.5) is 0 Å². The zero-order valence-corrected chi connectivity index (χ0v) is 9.28. The van der Waals surface area contributed by atoms with Crippen LogP contribution in [-0.4, -0.2) is 30.2 Å². The van der Waals surface area contributed by atoms with Gasteiger partial charge in [-0.1, -0.05) is 5.16 Å². The van der Waals surface area contributed by atoms with E-state index in [1.807, 2.05) is 0 Å². The highest BCUT2D eigenvalue weighted by atomic mass is 16.5. The Morgan fingerprint density at radius 1 is 1.56 bits per heavy atom. The fourth-order valence-electron chi connectivity index (χ4n) is 1.11. The Kier molecular flexibility index (Phi) is 4.50. The molecule has 6 heteroatoms. The second kappa shape index (κ2) is 5.89. The van der Waals surface area contributed by atoms with Gasteiger partial charge in [0, 0.05) is 19.0 Å². The summed E-state index contributed by atoms with van der Waals surface area (Å²) in [6, 6.07) is 1.77. The lowest BCUT2D eigenvalue weighted by Gasteiger charge is -2.02. The topological polar surface area (TPSA) is 81.4 Å². The molecule has 0 aliphatic carbocycles. The predicted octanol–water partition coefficient (Wildman–Crippen LogP) is 0.205. The van der Waals surface area contributed by atoms with E-state index in [2.05, 4.69) is 15.2 Å². The number of esters is 1. The largest absolute Gasteiger partial charge is 0.459 e. The van der Waals surface area contributed by atoms with E-state index in [1.165, 1.54) is 0 Å². The van der Waals surface area contributed by atoms with Crippen molar-refractivity contribution in [2.75, 3.05) is 13.2 Å². The van der Waals surface area contributed by atoms with Crippen molar-refractivity contribution in [1.29, 1.82) is 0 Å². The molecule has 0 saturated heterocycles. The molecule has 1 N–H and O–H groups in total. The van der Waals surface area contributed by atoms with Crippen molar-refractivity contribution in [3.63, 3.8) is 0 Å². The average Bonchev–Trinajstić information content (AvgIpc) is 2.64. The van der Waals surface area contributed by atoms with Gasteiger partial charge in [0.2, 0.25) is 0 Å². The highest BCUT2D eigenvalue weighted by Gasteiger charge is 2.13. The van der Waals surface area contributed by atoms with Crippen LogP contribution in [-0.2, 0) is 20.7 Å². The van der Waals surface area contributed by atoms with Crippen LogP contribution in [0, 0.1) is 6.92 Å². The van der Waals surface area contributed by atoms with Gasteiger partial charge in [-0.05, 0) is 13.8 Å². The van der Waals surface area contributed by atoms with Crippen LogP contribution in [0.2, 0.25) is 0 Å². The maximum atomic E-state index is 11.1. The number of nitrogens with zero attached hydrogens (tertiary/aromatic N) is 1. The molecular formula is C10H14N2O4. The van der Waals surface area contributed by atoms with E-state index in [4.69, 9.17) is 4.52 Å².